The quantitative estimate of drug-likeness (QED) is 0.911. The van der Waals surface area contributed by atoms with Gasteiger partial charge in [0.25, 0.3) is 0 Å². The van der Waals surface area contributed by atoms with Crippen LogP contribution >= 0.6 is 0 Å². The molecule has 0 bridgehead atoms. The first-order valence-corrected chi connectivity index (χ1v) is 6.24. The standard InChI is InChI=1S/C16H19NO2/c1-12-4-7-14(8-5-12)17(2)11-13-6-9-15(19-3)10-16(13)18/h4-10,18H,11H2,1-3H3. The molecule has 0 saturated heterocycles. The lowest BCUT2D eigenvalue weighted by molar-refractivity contribution is 0.406. The lowest BCUT2D eigenvalue weighted by atomic mass is 10.1. The second-order valence-corrected chi connectivity index (χ2v) is 4.69. The van der Waals surface area contributed by atoms with Crippen molar-refractivity contribution in [2.24, 2.45) is 0 Å². The van der Waals surface area contributed by atoms with Crippen LogP contribution in [0, 0.1) is 6.92 Å². The van der Waals surface area contributed by atoms with E-state index in [0.717, 1.165) is 11.3 Å². The molecule has 0 aromatic heterocycles. The molecule has 1 N–H and O–H groups in total. The Morgan fingerprint density at radius 2 is 1.79 bits per heavy atom. The van der Waals surface area contributed by atoms with Gasteiger partial charge in [0.2, 0.25) is 0 Å². The Bertz CT molecular complexity index is 549. The van der Waals surface area contributed by atoms with Gasteiger partial charge in [-0.05, 0) is 31.2 Å². The van der Waals surface area contributed by atoms with Crippen LogP contribution in [0.25, 0.3) is 0 Å². The molecule has 0 aliphatic carbocycles. The Balaban J connectivity index is 2.14. The highest BCUT2D eigenvalue weighted by atomic mass is 16.5. The van der Waals surface area contributed by atoms with Crippen molar-refractivity contribution in [1.82, 2.24) is 0 Å². The minimum Gasteiger partial charge on any atom is -0.507 e. The van der Waals surface area contributed by atoms with Gasteiger partial charge in [0.05, 0.1) is 7.11 Å². The number of phenols is 1. The Morgan fingerprint density at radius 3 is 2.37 bits per heavy atom. The minimum absolute atomic E-state index is 0.262. The number of phenolic OH excluding ortho intramolecular Hbond substituents is 1. The predicted molar refractivity (Wildman–Crippen MR) is 77.9 cm³/mol. The van der Waals surface area contributed by atoms with Crippen LogP contribution in [-0.2, 0) is 6.54 Å². The van der Waals surface area contributed by atoms with Crippen molar-refractivity contribution < 1.29 is 9.84 Å². The maximum Gasteiger partial charge on any atom is 0.124 e. The van der Waals surface area contributed by atoms with E-state index in [1.54, 1.807) is 13.2 Å². The lowest BCUT2D eigenvalue weighted by Gasteiger charge is -2.20. The monoisotopic (exact) mass is 257 g/mol. The van der Waals surface area contributed by atoms with E-state index in [9.17, 15) is 5.11 Å². The molecular weight excluding hydrogens is 238 g/mol. The number of hydrogen-bond donors (Lipinski definition) is 1. The summed E-state index contributed by atoms with van der Waals surface area (Å²) in [4.78, 5) is 2.10. The van der Waals surface area contributed by atoms with Crippen molar-refractivity contribution in [2.45, 2.75) is 13.5 Å². The molecule has 0 radical (unpaired) electrons. The first-order valence-electron chi connectivity index (χ1n) is 6.24. The summed E-state index contributed by atoms with van der Waals surface area (Å²) in [5.74, 6) is 0.928. The summed E-state index contributed by atoms with van der Waals surface area (Å²) >= 11 is 0. The number of hydrogen-bond acceptors (Lipinski definition) is 3. The van der Waals surface area contributed by atoms with Gasteiger partial charge in [-0.1, -0.05) is 17.7 Å². The van der Waals surface area contributed by atoms with Crippen LogP contribution in [0.1, 0.15) is 11.1 Å². The second kappa shape index (κ2) is 5.65. The Labute approximate surface area is 114 Å². The number of nitrogens with zero attached hydrogens (tertiary/aromatic N) is 1. The third-order valence-electron chi connectivity index (χ3n) is 3.17. The van der Waals surface area contributed by atoms with Gasteiger partial charge in [-0.3, -0.25) is 0 Å². The number of methoxy groups -OCH3 is 1. The third-order valence-corrected chi connectivity index (χ3v) is 3.17. The fraction of sp³-hybridized carbons (Fsp3) is 0.250. The molecule has 0 saturated carbocycles. The summed E-state index contributed by atoms with van der Waals surface area (Å²) in [6, 6.07) is 13.7. The number of anilines is 1. The zero-order valence-electron chi connectivity index (χ0n) is 11.6. The van der Waals surface area contributed by atoms with Crippen molar-refractivity contribution in [3.8, 4) is 11.5 Å². The van der Waals surface area contributed by atoms with Gasteiger partial charge in [0.1, 0.15) is 11.5 Å². The zero-order valence-corrected chi connectivity index (χ0v) is 11.6. The van der Waals surface area contributed by atoms with Crippen molar-refractivity contribution in [1.29, 1.82) is 0 Å². The largest absolute Gasteiger partial charge is 0.507 e. The van der Waals surface area contributed by atoms with E-state index in [4.69, 9.17) is 4.74 Å². The van der Waals surface area contributed by atoms with Crippen molar-refractivity contribution in [3.63, 3.8) is 0 Å². The van der Waals surface area contributed by atoms with Gasteiger partial charge in [-0.15, -0.1) is 0 Å². The van der Waals surface area contributed by atoms with Crippen molar-refractivity contribution in [2.75, 3.05) is 19.1 Å². The fourth-order valence-corrected chi connectivity index (χ4v) is 1.95. The van der Waals surface area contributed by atoms with Gasteiger partial charge in [-0.2, -0.15) is 0 Å². The molecule has 0 atom stereocenters. The predicted octanol–water partition coefficient (Wildman–Crippen LogP) is 3.35. The summed E-state index contributed by atoms with van der Waals surface area (Å²) in [5.41, 5.74) is 3.24. The smallest absolute Gasteiger partial charge is 0.124 e. The lowest BCUT2D eigenvalue weighted by Crippen LogP contribution is -2.16. The van der Waals surface area contributed by atoms with Gasteiger partial charge in [0, 0.05) is 30.9 Å². The molecule has 0 spiro atoms. The number of ether oxygens (including phenoxy) is 1. The van der Waals surface area contributed by atoms with E-state index in [1.807, 2.05) is 19.2 Å². The molecule has 0 amide bonds. The number of aryl methyl sites for hydroxylation is 1. The van der Waals surface area contributed by atoms with Crippen LogP contribution in [0.3, 0.4) is 0 Å². The summed E-state index contributed by atoms with van der Waals surface area (Å²) < 4.78 is 5.08. The SMILES string of the molecule is COc1ccc(CN(C)c2ccc(C)cc2)c(O)c1. The first kappa shape index (κ1) is 13.3. The molecule has 2 rings (SSSR count). The first-order chi connectivity index (χ1) is 9.10. The van der Waals surface area contributed by atoms with Crippen LogP contribution in [0.4, 0.5) is 5.69 Å². The van der Waals surface area contributed by atoms with Crippen LogP contribution in [-0.4, -0.2) is 19.3 Å². The molecule has 3 heteroatoms. The number of aromatic hydroxyl groups is 1. The number of rotatable bonds is 4. The van der Waals surface area contributed by atoms with E-state index in [-0.39, 0.29) is 5.75 Å². The molecule has 3 nitrogen and oxygen atoms in total. The fourth-order valence-electron chi connectivity index (χ4n) is 1.95. The highest BCUT2D eigenvalue weighted by Crippen LogP contribution is 2.26. The van der Waals surface area contributed by atoms with E-state index in [0.29, 0.717) is 12.3 Å². The summed E-state index contributed by atoms with van der Waals surface area (Å²) in [5, 5.41) is 9.96. The van der Waals surface area contributed by atoms with Crippen LogP contribution in [0.15, 0.2) is 42.5 Å². The Morgan fingerprint density at radius 1 is 1.11 bits per heavy atom. The van der Waals surface area contributed by atoms with Crippen molar-refractivity contribution >= 4 is 5.69 Å². The maximum absolute atomic E-state index is 9.96. The molecule has 0 aliphatic rings. The molecule has 0 heterocycles. The van der Waals surface area contributed by atoms with E-state index >= 15 is 0 Å². The van der Waals surface area contributed by atoms with Gasteiger partial charge < -0.3 is 14.7 Å². The third kappa shape index (κ3) is 3.19. The maximum atomic E-state index is 9.96. The second-order valence-electron chi connectivity index (χ2n) is 4.69. The highest BCUT2D eigenvalue weighted by molar-refractivity contribution is 5.49. The summed E-state index contributed by atoms with van der Waals surface area (Å²) in [6.45, 7) is 2.72. The minimum atomic E-state index is 0.262. The summed E-state index contributed by atoms with van der Waals surface area (Å²) in [7, 11) is 3.60. The molecular formula is C16H19NO2. The van der Waals surface area contributed by atoms with Crippen LogP contribution in [0.2, 0.25) is 0 Å². The molecule has 0 aliphatic heterocycles. The van der Waals surface area contributed by atoms with Crippen LogP contribution < -0.4 is 9.64 Å². The average Bonchev–Trinajstić information content (AvgIpc) is 2.41. The topological polar surface area (TPSA) is 32.7 Å². The Kier molecular flexibility index (Phi) is 3.95. The molecule has 2 aromatic carbocycles. The normalized spacial score (nSPS) is 10.3. The Hall–Kier alpha value is -2.16. The van der Waals surface area contributed by atoms with E-state index < -0.39 is 0 Å². The van der Waals surface area contributed by atoms with Crippen molar-refractivity contribution in [3.05, 3.63) is 53.6 Å². The van der Waals surface area contributed by atoms with Gasteiger partial charge in [-0.25, -0.2) is 0 Å². The van der Waals surface area contributed by atoms with E-state index in [1.165, 1.54) is 5.56 Å². The van der Waals surface area contributed by atoms with E-state index in [2.05, 4.69) is 36.1 Å². The molecule has 19 heavy (non-hydrogen) atoms. The summed E-state index contributed by atoms with van der Waals surface area (Å²) in [6.07, 6.45) is 0. The molecule has 2 aromatic rings. The van der Waals surface area contributed by atoms with Gasteiger partial charge >= 0.3 is 0 Å². The molecule has 0 fully saturated rings. The highest BCUT2D eigenvalue weighted by Gasteiger charge is 2.07. The average molecular weight is 257 g/mol. The molecule has 0 unspecified atom stereocenters. The van der Waals surface area contributed by atoms with Gasteiger partial charge in [0.15, 0.2) is 0 Å². The van der Waals surface area contributed by atoms with Crippen LogP contribution in [0.5, 0.6) is 11.5 Å². The zero-order chi connectivity index (χ0) is 13.8. The number of benzene rings is 2. The molecule has 100 valence electrons.